The van der Waals surface area contributed by atoms with Crippen molar-refractivity contribution in [3.63, 3.8) is 0 Å². The summed E-state index contributed by atoms with van der Waals surface area (Å²) in [6.07, 6.45) is 4.98. The van der Waals surface area contributed by atoms with Crippen LogP contribution < -0.4 is 10.2 Å². The summed E-state index contributed by atoms with van der Waals surface area (Å²) in [6, 6.07) is 4.49. The molecular formula is C27H36FN7O4. The van der Waals surface area contributed by atoms with Crippen LogP contribution in [0.15, 0.2) is 30.6 Å². The van der Waals surface area contributed by atoms with Gasteiger partial charge in [0.15, 0.2) is 12.1 Å². The van der Waals surface area contributed by atoms with Gasteiger partial charge in [-0.1, -0.05) is 0 Å². The van der Waals surface area contributed by atoms with Crippen molar-refractivity contribution in [3.05, 3.63) is 36.4 Å². The van der Waals surface area contributed by atoms with E-state index in [1.807, 2.05) is 31.7 Å². The Balaban J connectivity index is 1.47. The van der Waals surface area contributed by atoms with E-state index in [1.54, 1.807) is 21.6 Å². The van der Waals surface area contributed by atoms with Gasteiger partial charge in [-0.2, -0.15) is 0 Å². The predicted octanol–water partition coefficient (Wildman–Crippen LogP) is 3.68. The molecule has 1 unspecified atom stereocenters. The molecule has 2 aliphatic rings. The number of piperidine rings is 1. The number of aliphatic hydroxyl groups excluding tert-OH is 1. The van der Waals surface area contributed by atoms with E-state index in [-0.39, 0.29) is 18.2 Å². The monoisotopic (exact) mass is 541 g/mol. The summed E-state index contributed by atoms with van der Waals surface area (Å²) in [4.78, 5) is 30.4. The number of aliphatic hydroxyl groups is 1. The quantitative estimate of drug-likeness (QED) is 0.451. The van der Waals surface area contributed by atoms with Gasteiger partial charge in [-0.05, 0) is 58.6 Å². The lowest BCUT2D eigenvalue weighted by atomic mass is 10.1. The first-order chi connectivity index (χ1) is 18.6. The average Bonchev–Trinajstić information content (AvgIpc) is 3.54. The summed E-state index contributed by atoms with van der Waals surface area (Å²) in [5, 5.41) is 14.0. The maximum absolute atomic E-state index is 14.1. The van der Waals surface area contributed by atoms with Crippen molar-refractivity contribution in [1.82, 2.24) is 24.3 Å². The standard InChI is InChI=1S/C27H36FN7O4/c1-27(2,3)39-26(37)33-11-5-7-18(16-33)30-21-13-23(34-12-6-8-19(34)25(36)38-4)32-24(31-21)20-14-29-22-10-9-17(28)15-35(20)22/h9-10,13-15,18-19,25,36H,5-8,11-12,16H2,1-4H3,(H,30,31,32)/t18-,19+,25?/m1/s1. The molecular weight excluding hydrogens is 505 g/mol. The van der Waals surface area contributed by atoms with Gasteiger partial charge < -0.3 is 29.7 Å². The molecule has 0 aromatic carbocycles. The van der Waals surface area contributed by atoms with Crippen LogP contribution in [0.3, 0.4) is 0 Å². The summed E-state index contributed by atoms with van der Waals surface area (Å²) in [5.74, 6) is 1.15. The zero-order valence-corrected chi connectivity index (χ0v) is 22.8. The molecule has 3 aromatic rings. The zero-order valence-electron chi connectivity index (χ0n) is 22.8. The number of pyridine rings is 1. The highest BCUT2D eigenvalue weighted by atomic mass is 19.1. The van der Waals surface area contributed by atoms with Crippen LogP contribution >= 0.6 is 0 Å². The maximum Gasteiger partial charge on any atom is 0.410 e. The smallest absolute Gasteiger partial charge is 0.410 e. The summed E-state index contributed by atoms with van der Waals surface area (Å²) in [6.45, 7) is 7.36. The van der Waals surface area contributed by atoms with E-state index in [2.05, 4.69) is 10.3 Å². The second-order valence-corrected chi connectivity index (χ2v) is 11.1. The number of hydrogen-bond acceptors (Lipinski definition) is 9. The molecule has 5 rings (SSSR count). The summed E-state index contributed by atoms with van der Waals surface area (Å²) < 4.78 is 26.5. The van der Waals surface area contributed by atoms with E-state index in [9.17, 15) is 14.3 Å². The van der Waals surface area contributed by atoms with Gasteiger partial charge in [0.2, 0.25) is 0 Å². The molecule has 0 aliphatic carbocycles. The number of methoxy groups -OCH3 is 1. The summed E-state index contributed by atoms with van der Waals surface area (Å²) in [5.41, 5.74) is 0.543. The van der Waals surface area contributed by atoms with Crippen LogP contribution in [0.5, 0.6) is 0 Å². The third-order valence-corrected chi connectivity index (χ3v) is 7.00. The van der Waals surface area contributed by atoms with Gasteiger partial charge in [0.05, 0.1) is 12.2 Å². The SMILES string of the molecule is COC(O)[C@@H]1CCCN1c1cc(N[C@@H]2CCCN(C(=O)OC(C)(C)C)C2)nc(-c2cnc3ccc(F)cn23)n1. The Morgan fingerprint density at radius 2 is 2.00 bits per heavy atom. The molecule has 39 heavy (non-hydrogen) atoms. The number of fused-ring (bicyclic) bond motifs is 1. The van der Waals surface area contributed by atoms with E-state index in [1.165, 1.54) is 19.4 Å². The molecule has 0 saturated carbocycles. The van der Waals surface area contributed by atoms with Crippen LogP contribution in [0.2, 0.25) is 0 Å². The largest absolute Gasteiger partial charge is 0.444 e. The topological polar surface area (TPSA) is 117 Å². The van der Waals surface area contributed by atoms with Crippen molar-refractivity contribution in [2.24, 2.45) is 0 Å². The van der Waals surface area contributed by atoms with Gasteiger partial charge >= 0.3 is 6.09 Å². The minimum absolute atomic E-state index is 0.0552. The van der Waals surface area contributed by atoms with E-state index < -0.39 is 17.7 Å². The number of nitrogens with zero attached hydrogens (tertiary/aromatic N) is 6. The van der Waals surface area contributed by atoms with Gasteiger partial charge in [-0.3, -0.25) is 4.40 Å². The fraction of sp³-hybridized carbons (Fsp3) is 0.556. The van der Waals surface area contributed by atoms with Crippen LogP contribution in [0.25, 0.3) is 17.2 Å². The van der Waals surface area contributed by atoms with E-state index in [0.29, 0.717) is 48.4 Å². The molecule has 1 amide bonds. The van der Waals surface area contributed by atoms with Gasteiger partial charge in [-0.15, -0.1) is 0 Å². The maximum atomic E-state index is 14.1. The van der Waals surface area contributed by atoms with Crippen molar-refractivity contribution in [3.8, 4) is 11.5 Å². The van der Waals surface area contributed by atoms with Crippen LogP contribution in [0.1, 0.15) is 46.5 Å². The average molecular weight is 542 g/mol. The highest BCUT2D eigenvalue weighted by Crippen LogP contribution is 2.31. The first-order valence-electron chi connectivity index (χ1n) is 13.4. The second-order valence-electron chi connectivity index (χ2n) is 11.1. The Morgan fingerprint density at radius 1 is 1.21 bits per heavy atom. The van der Waals surface area contributed by atoms with Crippen molar-refractivity contribution < 1.29 is 23.8 Å². The molecule has 3 aromatic heterocycles. The number of carbonyl (C=O) groups is 1. The fourth-order valence-electron chi connectivity index (χ4n) is 5.22. The molecule has 3 atom stereocenters. The van der Waals surface area contributed by atoms with Gasteiger partial charge in [-0.25, -0.2) is 24.1 Å². The van der Waals surface area contributed by atoms with Crippen molar-refractivity contribution in [2.45, 2.75) is 70.4 Å². The zero-order chi connectivity index (χ0) is 27.7. The predicted molar refractivity (Wildman–Crippen MR) is 144 cm³/mol. The summed E-state index contributed by atoms with van der Waals surface area (Å²) in [7, 11) is 1.48. The highest BCUT2D eigenvalue weighted by Gasteiger charge is 2.33. The number of halogens is 1. The number of amides is 1. The molecule has 0 radical (unpaired) electrons. The minimum Gasteiger partial charge on any atom is -0.444 e. The number of nitrogens with one attached hydrogen (secondary N) is 1. The lowest BCUT2D eigenvalue weighted by Crippen LogP contribution is -2.47. The highest BCUT2D eigenvalue weighted by molar-refractivity contribution is 5.68. The number of imidazole rings is 1. The third-order valence-electron chi connectivity index (χ3n) is 7.00. The number of anilines is 2. The Hall–Kier alpha value is -3.51. The number of rotatable bonds is 6. The molecule has 11 nitrogen and oxygen atoms in total. The van der Waals surface area contributed by atoms with Crippen molar-refractivity contribution in [2.75, 3.05) is 37.0 Å². The second kappa shape index (κ2) is 10.9. The molecule has 2 N–H and O–H groups in total. The number of carbonyl (C=O) groups excluding carboxylic acids is 1. The molecule has 2 aliphatic heterocycles. The molecule has 2 fully saturated rings. The number of aromatic nitrogens is 4. The molecule has 12 heteroatoms. The number of hydrogen-bond donors (Lipinski definition) is 2. The van der Waals surface area contributed by atoms with Crippen LogP contribution in [-0.4, -0.2) is 86.2 Å². The molecule has 0 spiro atoms. The Morgan fingerprint density at radius 3 is 2.77 bits per heavy atom. The minimum atomic E-state index is -0.965. The fourth-order valence-corrected chi connectivity index (χ4v) is 5.22. The normalized spacial score (nSPS) is 20.9. The molecule has 0 bridgehead atoms. The Labute approximate surface area is 227 Å². The van der Waals surface area contributed by atoms with E-state index in [0.717, 1.165) is 25.7 Å². The lowest BCUT2D eigenvalue weighted by molar-refractivity contribution is -0.0881. The first-order valence-corrected chi connectivity index (χ1v) is 13.4. The third kappa shape index (κ3) is 6.06. The van der Waals surface area contributed by atoms with Crippen LogP contribution in [0, 0.1) is 5.82 Å². The van der Waals surface area contributed by atoms with Crippen molar-refractivity contribution in [1.29, 1.82) is 0 Å². The molecule has 2 saturated heterocycles. The van der Waals surface area contributed by atoms with Gasteiger partial charge in [0, 0.05) is 45.0 Å². The van der Waals surface area contributed by atoms with Crippen LogP contribution in [-0.2, 0) is 9.47 Å². The number of likely N-dealkylation sites (tertiary alicyclic amines) is 1. The summed E-state index contributed by atoms with van der Waals surface area (Å²) >= 11 is 0. The molecule has 5 heterocycles. The van der Waals surface area contributed by atoms with Gasteiger partial charge in [0.1, 0.15) is 34.4 Å². The lowest BCUT2D eigenvalue weighted by Gasteiger charge is -2.35. The Bertz CT molecular complexity index is 1330. The Kier molecular flexibility index (Phi) is 7.59. The van der Waals surface area contributed by atoms with Crippen LogP contribution in [0.4, 0.5) is 20.8 Å². The van der Waals surface area contributed by atoms with Gasteiger partial charge in [0.25, 0.3) is 0 Å². The van der Waals surface area contributed by atoms with E-state index >= 15 is 0 Å². The molecule has 210 valence electrons. The van der Waals surface area contributed by atoms with E-state index in [4.69, 9.17) is 19.4 Å². The van der Waals surface area contributed by atoms with Crippen molar-refractivity contribution >= 4 is 23.4 Å². The number of ether oxygens (including phenoxy) is 2. The first kappa shape index (κ1) is 27.1.